The number of ether oxygens (including phenoxy) is 1. The van der Waals surface area contributed by atoms with E-state index in [0.717, 1.165) is 18.6 Å². The van der Waals surface area contributed by atoms with E-state index in [-0.39, 0.29) is 5.91 Å². The van der Waals surface area contributed by atoms with Crippen molar-refractivity contribution in [3.63, 3.8) is 0 Å². The molecular weight excluding hydrogens is 264 g/mol. The molecule has 0 spiro atoms. The number of likely N-dealkylation sites (N-methyl/N-ethyl adjacent to an activating group) is 1. The van der Waals surface area contributed by atoms with Crippen LogP contribution in [0.2, 0.25) is 0 Å². The molecule has 0 aromatic heterocycles. The molecule has 1 aromatic rings. The van der Waals surface area contributed by atoms with Crippen LogP contribution in [0.4, 0.5) is 0 Å². The Kier molecular flexibility index (Phi) is 4.88. The van der Waals surface area contributed by atoms with Gasteiger partial charge in [-0.3, -0.25) is 4.79 Å². The summed E-state index contributed by atoms with van der Waals surface area (Å²) in [5.74, 6) is 1.26. The molecule has 1 atom stereocenters. The second-order valence-corrected chi connectivity index (χ2v) is 6.15. The Morgan fingerprint density at radius 2 is 2.00 bits per heavy atom. The van der Waals surface area contributed by atoms with Gasteiger partial charge < -0.3 is 15.8 Å². The Hall–Kier alpha value is -1.55. The van der Waals surface area contributed by atoms with Gasteiger partial charge in [-0.25, -0.2) is 0 Å². The molecule has 1 saturated carbocycles. The lowest BCUT2D eigenvalue weighted by atomic mass is 9.93. The fraction of sp³-hybridized carbons (Fsp3) is 0.588. The van der Waals surface area contributed by atoms with Crippen molar-refractivity contribution >= 4 is 5.91 Å². The van der Waals surface area contributed by atoms with E-state index in [1.807, 2.05) is 19.1 Å². The summed E-state index contributed by atoms with van der Waals surface area (Å²) in [7, 11) is 0. The second-order valence-electron chi connectivity index (χ2n) is 6.15. The predicted molar refractivity (Wildman–Crippen MR) is 84.4 cm³/mol. The van der Waals surface area contributed by atoms with Crippen LogP contribution in [0.3, 0.4) is 0 Å². The van der Waals surface area contributed by atoms with Gasteiger partial charge in [0.15, 0.2) is 0 Å². The van der Waals surface area contributed by atoms with Crippen LogP contribution in [0.1, 0.15) is 45.1 Å². The van der Waals surface area contributed by atoms with Crippen molar-refractivity contribution in [2.75, 3.05) is 13.2 Å². The van der Waals surface area contributed by atoms with Crippen molar-refractivity contribution < 1.29 is 9.53 Å². The summed E-state index contributed by atoms with van der Waals surface area (Å²) in [5.41, 5.74) is 6.19. The van der Waals surface area contributed by atoms with Gasteiger partial charge in [0.25, 0.3) is 0 Å². The van der Waals surface area contributed by atoms with Crippen LogP contribution in [0.25, 0.3) is 0 Å². The van der Waals surface area contributed by atoms with Gasteiger partial charge in [0, 0.05) is 0 Å². The summed E-state index contributed by atoms with van der Waals surface area (Å²) in [5, 5.41) is 3.26. The quantitative estimate of drug-likeness (QED) is 0.773. The Labute approximate surface area is 127 Å². The number of nitrogens with two attached hydrogens (primary N) is 1. The lowest BCUT2D eigenvalue weighted by Gasteiger charge is -2.31. The van der Waals surface area contributed by atoms with Crippen molar-refractivity contribution in [2.24, 2.45) is 11.7 Å². The molecule has 0 aliphatic heterocycles. The molecule has 3 N–H and O–H groups in total. The van der Waals surface area contributed by atoms with Crippen LogP contribution in [0, 0.1) is 5.92 Å². The third-order valence-electron chi connectivity index (χ3n) is 4.22. The van der Waals surface area contributed by atoms with Gasteiger partial charge in [0.05, 0.1) is 0 Å². The van der Waals surface area contributed by atoms with Crippen LogP contribution in [0.15, 0.2) is 24.3 Å². The Morgan fingerprint density at radius 1 is 1.38 bits per heavy atom. The molecule has 1 aliphatic rings. The Balaban J connectivity index is 2.06. The zero-order valence-electron chi connectivity index (χ0n) is 13.2. The van der Waals surface area contributed by atoms with Crippen molar-refractivity contribution in [2.45, 2.75) is 45.1 Å². The molecule has 1 unspecified atom stereocenters. The summed E-state index contributed by atoms with van der Waals surface area (Å²) >= 11 is 0. The average molecular weight is 290 g/mol. The Morgan fingerprint density at radius 3 is 2.43 bits per heavy atom. The van der Waals surface area contributed by atoms with Crippen LogP contribution in [0.5, 0.6) is 5.75 Å². The zero-order chi connectivity index (χ0) is 15.5. The predicted octanol–water partition coefficient (Wildman–Crippen LogP) is 2.43. The highest BCUT2D eigenvalue weighted by molar-refractivity contribution is 5.85. The molecule has 0 bridgehead atoms. The van der Waals surface area contributed by atoms with E-state index in [2.05, 4.69) is 31.3 Å². The fourth-order valence-corrected chi connectivity index (χ4v) is 2.71. The van der Waals surface area contributed by atoms with E-state index >= 15 is 0 Å². The average Bonchev–Trinajstić information content (AvgIpc) is 3.28. The molecular formula is C17H26N2O2. The maximum absolute atomic E-state index is 11.9. The second kappa shape index (κ2) is 6.48. The van der Waals surface area contributed by atoms with Gasteiger partial charge in [-0.05, 0) is 48.9 Å². The highest BCUT2D eigenvalue weighted by atomic mass is 16.5. The van der Waals surface area contributed by atoms with Crippen LogP contribution in [-0.4, -0.2) is 24.6 Å². The molecule has 0 radical (unpaired) electrons. The first kappa shape index (κ1) is 15.8. The molecule has 1 aliphatic carbocycles. The van der Waals surface area contributed by atoms with Crippen LogP contribution < -0.4 is 15.8 Å². The van der Waals surface area contributed by atoms with Gasteiger partial charge in [0.1, 0.15) is 17.9 Å². The smallest absolute Gasteiger partial charge is 0.241 e. The summed E-state index contributed by atoms with van der Waals surface area (Å²) in [4.78, 5) is 11.9. The van der Waals surface area contributed by atoms with E-state index in [4.69, 9.17) is 10.5 Å². The fourth-order valence-electron chi connectivity index (χ4n) is 2.71. The standard InChI is InChI=1S/C17H26N2O2/c1-4-19-17(16(18)20,14-7-8-14)11-21-15-9-5-13(6-10-15)12(2)3/h5-6,9-10,12,14,19H,4,7-8,11H2,1-3H3,(H2,18,20). The van der Waals surface area contributed by atoms with Crippen molar-refractivity contribution in [1.29, 1.82) is 0 Å². The number of hydrogen-bond acceptors (Lipinski definition) is 3. The molecule has 1 aromatic carbocycles. The molecule has 4 nitrogen and oxygen atoms in total. The first-order valence-electron chi connectivity index (χ1n) is 7.77. The first-order valence-corrected chi connectivity index (χ1v) is 7.77. The lowest BCUT2D eigenvalue weighted by molar-refractivity contribution is -0.126. The minimum Gasteiger partial charge on any atom is -0.491 e. The van der Waals surface area contributed by atoms with Gasteiger partial charge in [-0.1, -0.05) is 32.9 Å². The van der Waals surface area contributed by atoms with Gasteiger partial charge >= 0.3 is 0 Å². The molecule has 0 saturated heterocycles. The SMILES string of the molecule is CCNC(COc1ccc(C(C)C)cc1)(C(N)=O)C1CC1. The zero-order valence-corrected chi connectivity index (χ0v) is 13.2. The highest BCUT2D eigenvalue weighted by Gasteiger charge is 2.50. The minimum atomic E-state index is -0.731. The lowest BCUT2D eigenvalue weighted by Crippen LogP contribution is -2.61. The monoisotopic (exact) mass is 290 g/mol. The maximum Gasteiger partial charge on any atom is 0.241 e. The molecule has 21 heavy (non-hydrogen) atoms. The van der Waals surface area contributed by atoms with Crippen LogP contribution in [-0.2, 0) is 4.79 Å². The first-order chi connectivity index (χ1) is 9.99. The number of carbonyl (C=O) groups is 1. The molecule has 1 amide bonds. The van der Waals surface area contributed by atoms with E-state index in [1.54, 1.807) is 0 Å². The summed E-state index contributed by atoms with van der Waals surface area (Å²) in [6.07, 6.45) is 2.07. The minimum absolute atomic E-state index is 0.294. The number of amides is 1. The summed E-state index contributed by atoms with van der Waals surface area (Å²) in [6, 6.07) is 8.05. The molecule has 116 valence electrons. The van der Waals surface area contributed by atoms with Gasteiger partial charge in [0.2, 0.25) is 5.91 Å². The van der Waals surface area contributed by atoms with E-state index in [1.165, 1.54) is 5.56 Å². The maximum atomic E-state index is 11.9. The van der Waals surface area contributed by atoms with Crippen molar-refractivity contribution in [1.82, 2.24) is 5.32 Å². The third-order valence-corrected chi connectivity index (χ3v) is 4.22. The Bertz CT molecular complexity index is 480. The van der Waals surface area contributed by atoms with E-state index in [0.29, 0.717) is 25.0 Å². The molecule has 1 fully saturated rings. The number of carbonyl (C=O) groups excluding carboxylic acids is 1. The topological polar surface area (TPSA) is 64.3 Å². The number of rotatable bonds is 8. The summed E-state index contributed by atoms with van der Waals surface area (Å²) in [6.45, 7) is 7.30. The molecule has 2 rings (SSSR count). The van der Waals surface area contributed by atoms with Gasteiger partial charge in [-0.2, -0.15) is 0 Å². The molecule has 4 heteroatoms. The molecule has 0 heterocycles. The van der Waals surface area contributed by atoms with Crippen molar-refractivity contribution in [3.05, 3.63) is 29.8 Å². The normalized spacial score (nSPS) is 17.5. The number of primary amides is 1. The third kappa shape index (κ3) is 3.56. The van der Waals surface area contributed by atoms with Gasteiger partial charge in [-0.15, -0.1) is 0 Å². The highest BCUT2D eigenvalue weighted by Crippen LogP contribution is 2.40. The summed E-state index contributed by atoms with van der Waals surface area (Å²) < 4.78 is 5.86. The van der Waals surface area contributed by atoms with E-state index in [9.17, 15) is 4.79 Å². The largest absolute Gasteiger partial charge is 0.491 e. The number of hydrogen-bond donors (Lipinski definition) is 2. The number of nitrogens with one attached hydrogen (secondary N) is 1. The number of benzene rings is 1. The van der Waals surface area contributed by atoms with E-state index < -0.39 is 5.54 Å². The van der Waals surface area contributed by atoms with Crippen LogP contribution >= 0.6 is 0 Å². The van der Waals surface area contributed by atoms with Crippen molar-refractivity contribution in [3.8, 4) is 5.75 Å².